The molecule has 4 heterocycles. The van der Waals surface area contributed by atoms with Crippen LogP contribution in [0.5, 0.6) is 5.75 Å². The van der Waals surface area contributed by atoms with Crippen molar-refractivity contribution in [3.63, 3.8) is 0 Å². The molecule has 3 amide bonds. The van der Waals surface area contributed by atoms with Crippen molar-refractivity contribution < 1.29 is 29.0 Å². The fourth-order valence-electron chi connectivity index (χ4n) is 7.42. The normalized spacial score (nSPS) is 26.0. The van der Waals surface area contributed by atoms with Gasteiger partial charge in [0.1, 0.15) is 29.6 Å². The third kappa shape index (κ3) is 5.63. The number of aliphatic hydroxyl groups is 1. The first-order valence-corrected chi connectivity index (χ1v) is 16.8. The molecule has 13 heteroatoms. The van der Waals surface area contributed by atoms with Crippen LogP contribution < -0.4 is 9.64 Å². The van der Waals surface area contributed by atoms with Crippen LogP contribution in [0.4, 0.5) is 5.69 Å². The van der Waals surface area contributed by atoms with Gasteiger partial charge in [0.15, 0.2) is 0 Å². The van der Waals surface area contributed by atoms with E-state index < -0.39 is 29.6 Å². The average molecular weight is 708 g/mol. The molecular formula is C34H39BrN6O6. The number of rotatable bonds is 14. The van der Waals surface area contributed by atoms with Gasteiger partial charge < -0.3 is 29.3 Å². The molecule has 47 heavy (non-hydrogen) atoms. The molecule has 3 fully saturated rings. The van der Waals surface area contributed by atoms with Crippen LogP contribution in [0.1, 0.15) is 19.8 Å². The van der Waals surface area contributed by atoms with Crippen molar-refractivity contribution >= 4 is 50.4 Å². The number of alkyl halides is 1. The van der Waals surface area contributed by atoms with Crippen molar-refractivity contribution in [3.8, 4) is 5.75 Å². The monoisotopic (exact) mass is 706 g/mol. The maximum absolute atomic E-state index is 14.7. The molecule has 3 aromatic rings. The van der Waals surface area contributed by atoms with Crippen molar-refractivity contribution in [2.75, 3.05) is 37.7 Å². The Morgan fingerprint density at radius 3 is 2.60 bits per heavy atom. The largest absolute Gasteiger partial charge is 0.494 e. The van der Waals surface area contributed by atoms with Gasteiger partial charge in [0.05, 0.1) is 30.1 Å². The number of likely N-dealkylation sites (tertiary alicyclic amines) is 1. The number of aliphatic hydroxyl groups excluding tert-OH is 1. The van der Waals surface area contributed by atoms with Gasteiger partial charge in [0.25, 0.3) is 0 Å². The molecule has 0 saturated carbocycles. The number of fused-ring (bicyclic) bond motifs is 2. The molecular weight excluding hydrogens is 668 g/mol. The maximum Gasteiger partial charge on any atom is 0.250 e. The number of anilines is 1. The van der Waals surface area contributed by atoms with Gasteiger partial charge in [-0.3, -0.25) is 14.4 Å². The zero-order valence-corrected chi connectivity index (χ0v) is 27.9. The molecule has 0 aliphatic carbocycles. The molecule has 3 unspecified atom stereocenters. The summed E-state index contributed by atoms with van der Waals surface area (Å²) in [6, 6.07) is 13.6. The zero-order valence-electron chi connectivity index (χ0n) is 26.3. The summed E-state index contributed by atoms with van der Waals surface area (Å²) < 4.78 is 13.9. The summed E-state index contributed by atoms with van der Waals surface area (Å²) in [6.45, 7) is 10.6. The maximum atomic E-state index is 14.7. The number of carbonyl (C=O) groups is 3. The van der Waals surface area contributed by atoms with E-state index in [0.29, 0.717) is 30.0 Å². The highest BCUT2D eigenvalue weighted by atomic mass is 79.9. The zero-order chi connectivity index (χ0) is 33.3. The van der Waals surface area contributed by atoms with E-state index in [1.807, 2.05) is 31.2 Å². The number of carbonyl (C=O) groups excluding carboxylic acids is 3. The van der Waals surface area contributed by atoms with Crippen LogP contribution in [-0.2, 0) is 25.8 Å². The predicted molar refractivity (Wildman–Crippen MR) is 179 cm³/mol. The van der Waals surface area contributed by atoms with E-state index in [-0.39, 0.29) is 61.9 Å². The topological polar surface area (TPSA) is 130 Å². The van der Waals surface area contributed by atoms with Gasteiger partial charge >= 0.3 is 0 Å². The van der Waals surface area contributed by atoms with E-state index in [4.69, 9.17) is 9.47 Å². The molecule has 3 saturated heterocycles. The van der Waals surface area contributed by atoms with Crippen LogP contribution in [0, 0.1) is 11.8 Å². The third-order valence-electron chi connectivity index (χ3n) is 9.29. The van der Waals surface area contributed by atoms with Gasteiger partial charge in [-0.1, -0.05) is 45.4 Å². The molecule has 0 radical (unpaired) electrons. The van der Waals surface area contributed by atoms with Crippen LogP contribution >= 0.6 is 15.9 Å². The van der Waals surface area contributed by atoms with Crippen LogP contribution in [0.2, 0.25) is 0 Å². The number of hydrogen-bond acceptors (Lipinski definition) is 8. The van der Waals surface area contributed by atoms with E-state index in [1.54, 1.807) is 50.9 Å². The number of ether oxygens (including phenoxy) is 2. The molecule has 2 bridgehead atoms. The van der Waals surface area contributed by atoms with Crippen LogP contribution in [-0.4, -0.2) is 103 Å². The predicted octanol–water partition coefficient (Wildman–Crippen LogP) is 3.15. The second kappa shape index (κ2) is 13.6. The quantitative estimate of drug-likeness (QED) is 0.200. The number of halogens is 1. The SMILES string of the molecule is C=CCN(Cn1nnc2ccccc21)C(=O)C1N(CCCO)C(=O)[C@@H]2[C@H](C(=O)N(CC=C)c3ccc(OCC)cc3)[C@H]3OC12CC3Br. The minimum absolute atomic E-state index is 0.0685. The lowest BCUT2D eigenvalue weighted by Crippen LogP contribution is -2.57. The Bertz CT molecular complexity index is 1660. The lowest BCUT2D eigenvalue weighted by atomic mass is 9.70. The Kier molecular flexibility index (Phi) is 9.49. The minimum Gasteiger partial charge on any atom is -0.494 e. The molecule has 6 atom stereocenters. The summed E-state index contributed by atoms with van der Waals surface area (Å²) >= 11 is 3.75. The standard InChI is InChI=1S/C34H39BrN6O6/c1-4-16-38(21-41-26-11-8-7-10-25(26)36-37-41)33(45)30-34-20-24(35)29(47-34)27(28(34)32(44)40(30)18-9-19-42)31(43)39(17-5-2)22-12-14-23(15-13-22)46-6-3/h4-5,7-8,10-15,24,27-30,42H,1-2,6,9,16-21H2,3H3/t24?,27-,28-,29-,30?,34?/m0/s1. The second-order valence-electron chi connectivity index (χ2n) is 12.0. The third-order valence-corrected chi connectivity index (χ3v) is 10.1. The van der Waals surface area contributed by atoms with Gasteiger partial charge in [-0.05, 0) is 56.2 Å². The molecule has 248 valence electrons. The van der Waals surface area contributed by atoms with Crippen molar-refractivity contribution in [1.29, 1.82) is 0 Å². The van der Waals surface area contributed by atoms with Gasteiger partial charge in [0.2, 0.25) is 17.7 Å². The summed E-state index contributed by atoms with van der Waals surface area (Å²) in [5, 5.41) is 18.2. The number of nitrogens with zero attached hydrogens (tertiary/aromatic N) is 6. The highest BCUT2D eigenvalue weighted by molar-refractivity contribution is 9.09. The summed E-state index contributed by atoms with van der Waals surface area (Å²) in [5.74, 6) is -2.02. The Balaban J connectivity index is 1.36. The van der Waals surface area contributed by atoms with Gasteiger partial charge in [0, 0.05) is 36.8 Å². The molecule has 1 N–H and O–H groups in total. The number of benzene rings is 2. The van der Waals surface area contributed by atoms with Crippen molar-refractivity contribution in [2.24, 2.45) is 11.8 Å². The highest BCUT2D eigenvalue weighted by Gasteiger charge is 2.76. The van der Waals surface area contributed by atoms with Gasteiger partial charge in [-0.25, -0.2) is 4.68 Å². The van der Waals surface area contributed by atoms with Crippen LogP contribution in [0.3, 0.4) is 0 Å². The molecule has 1 aromatic heterocycles. The fraction of sp³-hybridized carbons (Fsp3) is 0.441. The summed E-state index contributed by atoms with van der Waals surface area (Å²) in [7, 11) is 0. The molecule has 6 rings (SSSR count). The van der Waals surface area contributed by atoms with Crippen molar-refractivity contribution in [2.45, 2.75) is 49.0 Å². The Morgan fingerprint density at radius 1 is 1.15 bits per heavy atom. The minimum atomic E-state index is -1.26. The number of para-hydroxylation sites is 1. The van der Waals surface area contributed by atoms with Gasteiger partial charge in [-0.15, -0.1) is 18.3 Å². The fourth-order valence-corrected chi connectivity index (χ4v) is 8.37. The van der Waals surface area contributed by atoms with Crippen LogP contribution in [0.15, 0.2) is 73.8 Å². The molecule has 3 aliphatic rings. The van der Waals surface area contributed by atoms with Gasteiger partial charge in [-0.2, -0.15) is 0 Å². The summed E-state index contributed by atoms with van der Waals surface area (Å²) in [5.41, 5.74) is 0.820. The van der Waals surface area contributed by atoms with E-state index in [9.17, 15) is 19.5 Å². The molecule has 12 nitrogen and oxygen atoms in total. The van der Waals surface area contributed by atoms with E-state index in [1.165, 1.54) is 4.90 Å². The van der Waals surface area contributed by atoms with E-state index >= 15 is 0 Å². The first kappa shape index (κ1) is 32.9. The van der Waals surface area contributed by atoms with Crippen molar-refractivity contribution in [1.82, 2.24) is 24.8 Å². The Morgan fingerprint density at radius 2 is 1.89 bits per heavy atom. The Labute approximate surface area is 281 Å². The van der Waals surface area contributed by atoms with Crippen molar-refractivity contribution in [3.05, 3.63) is 73.8 Å². The molecule has 1 spiro atoms. The summed E-state index contributed by atoms with van der Waals surface area (Å²) in [6.07, 6.45) is 3.26. The molecule has 2 aromatic carbocycles. The second-order valence-corrected chi connectivity index (χ2v) is 13.2. The highest BCUT2D eigenvalue weighted by Crippen LogP contribution is 2.60. The lowest BCUT2D eigenvalue weighted by molar-refractivity contribution is -0.149. The lowest BCUT2D eigenvalue weighted by Gasteiger charge is -2.37. The molecule has 3 aliphatic heterocycles. The number of amides is 3. The average Bonchev–Trinajstić information content (AvgIpc) is 3.79. The van der Waals surface area contributed by atoms with E-state index in [2.05, 4.69) is 39.4 Å². The first-order chi connectivity index (χ1) is 22.8. The van der Waals surface area contributed by atoms with Crippen LogP contribution in [0.25, 0.3) is 11.0 Å². The Hall–Kier alpha value is -4.07. The summed E-state index contributed by atoms with van der Waals surface area (Å²) in [4.78, 5) is 48.1. The number of aromatic nitrogens is 3. The van der Waals surface area contributed by atoms with E-state index in [0.717, 1.165) is 5.52 Å². The number of hydrogen-bond donors (Lipinski definition) is 1. The first-order valence-electron chi connectivity index (χ1n) is 15.9. The smallest absolute Gasteiger partial charge is 0.250 e.